The zero-order valence-electron chi connectivity index (χ0n) is 15.8. The van der Waals surface area contributed by atoms with Crippen molar-refractivity contribution < 1.29 is 42.2 Å². The minimum atomic E-state index is -1.51. The van der Waals surface area contributed by atoms with Crippen molar-refractivity contribution in [1.82, 2.24) is 5.32 Å². The van der Waals surface area contributed by atoms with Crippen molar-refractivity contribution in [3.8, 4) is 0 Å². The molecule has 0 radical (unpaired) electrons. The molecule has 0 aromatic heterocycles. The second kappa shape index (κ2) is 10.3. The molecule has 1 N–H and O–H groups in total. The van der Waals surface area contributed by atoms with Crippen LogP contribution in [-0.2, 0) is 39.8 Å². The number of nitrogens with one attached hydrogen (secondary N) is 1. The number of halogens is 2. The number of rotatable bonds is 8. The van der Waals surface area contributed by atoms with Crippen molar-refractivity contribution in [2.45, 2.75) is 19.4 Å². The summed E-state index contributed by atoms with van der Waals surface area (Å²) in [6.45, 7) is 1.35. The predicted octanol–water partition coefficient (Wildman–Crippen LogP) is 0.763. The van der Waals surface area contributed by atoms with Gasteiger partial charge in [-0.05, 0) is 11.6 Å². The van der Waals surface area contributed by atoms with Gasteiger partial charge in [-0.3, -0.25) is 14.4 Å². The summed E-state index contributed by atoms with van der Waals surface area (Å²) in [4.78, 5) is 48.3. The molecule has 0 aliphatic carbocycles. The van der Waals surface area contributed by atoms with Crippen LogP contribution in [0, 0.1) is 23.5 Å². The van der Waals surface area contributed by atoms with Crippen LogP contribution in [0.1, 0.15) is 12.5 Å². The van der Waals surface area contributed by atoms with E-state index in [9.17, 15) is 28.0 Å². The van der Waals surface area contributed by atoms with Crippen LogP contribution in [0.4, 0.5) is 8.78 Å². The van der Waals surface area contributed by atoms with Crippen molar-refractivity contribution in [1.29, 1.82) is 0 Å². The van der Waals surface area contributed by atoms with Gasteiger partial charge in [-0.15, -0.1) is 0 Å². The van der Waals surface area contributed by atoms with Crippen molar-refractivity contribution in [2.75, 3.05) is 21.3 Å². The number of carbonyl (C=O) groups is 4. The summed E-state index contributed by atoms with van der Waals surface area (Å²) < 4.78 is 40.4. The second-order valence-corrected chi connectivity index (χ2v) is 5.86. The number of ether oxygens (including phenoxy) is 3. The zero-order chi connectivity index (χ0) is 21.4. The van der Waals surface area contributed by atoms with Crippen molar-refractivity contribution >= 4 is 23.8 Å². The summed E-state index contributed by atoms with van der Waals surface area (Å²) in [7, 11) is 3.15. The number of esters is 3. The molecule has 0 saturated heterocycles. The van der Waals surface area contributed by atoms with E-state index < -0.39 is 59.7 Å². The molecule has 28 heavy (non-hydrogen) atoms. The molecular weight excluding hydrogens is 380 g/mol. The lowest BCUT2D eigenvalue weighted by Crippen LogP contribution is -2.51. The highest BCUT2D eigenvalue weighted by Gasteiger charge is 2.42. The third-order valence-electron chi connectivity index (χ3n) is 4.10. The predicted molar refractivity (Wildman–Crippen MR) is 90.7 cm³/mol. The number of benzene rings is 1. The average molecular weight is 401 g/mol. The molecule has 1 aromatic carbocycles. The Morgan fingerprint density at radius 3 is 1.96 bits per heavy atom. The topological polar surface area (TPSA) is 108 Å². The van der Waals surface area contributed by atoms with E-state index in [1.165, 1.54) is 6.92 Å². The average Bonchev–Trinajstić information content (AvgIpc) is 2.67. The fourth-order valence-electron chi connectivity index (χ4n) is 2.57. The van der Waals surface area contributed by atoms with Crippen molar-refractivity contribution in [3.63, 3.8) is 0 Å². The molecule has 0 bridgehead atoms. The van der Waals surface area contributed by atoms with E-state index in [0.29, 0.717) is 6.07 Å². The first-order chi connectivity index (χ1) is 13.2. The van der Waals surface area contributed by atoms with Crippen molar-refractivity contribution in [3.05, 3.63) is 35.4 Å². The third kappa shape index (κ3) is 5.73. The van der Waals surface area contributed by atoms with Gasteiger partial charge in [0.25, 0.3) is 0 Å². The molecule has 0 spiro atoms. The van der Waals surface area contributed by atoms with Gasteiger partial charge in [0.2, 0.25) is 5.91 Å². The zero-order valence-corrected chi connectivity index (χ0v) is 15.8. The number of carbonyl (C=O) groups excluding carboxylic acids is 4. The molecule has 10 heteroatoms. The monoisotopic (exact) mass is 401 g/mol. The summed E-state index contributed by atoms with van der Waals surface area (Å²) in [5.74, 6) is -8.02. The van der Waals surface area contributed by atoms with Crippen LogP contribution in [0.5, 0.6) is 0 Å². The van der Waals surface area contributed by atoms with Gasteiger partial charge >= 0.3 is 17.9 Å². The Balaban J connectivity index is 3.06. The quantitative estimate of drug-likeness (QED) is 0.389. The molecular formula is C18H21F2NO7. The van der Waals surface area contributed by atoms with Gasteiger partial charge in [0.15, 0.2) is 5.92 Å². The highest BCUT2D eigenvalue weighted by molar-refractivity contribution is 5.96. The summed E-state index contributed by atoms with van der Waals surface area (Å²) >= 11 is 0. The minimum absolute atomic E-state index is 0.104. The Morgan fingerprint density at radius 1 is 0.964 bits per heavy atom. The number of hydrogen-bond acceptors (Lipinski definition) is 7. The Morgan fingerprint density at radius 2 is 1.50 bits per heavy atom. The van der Waals surface area contributed by atoms with Crippen LogP contribution >= 0.6 is 0 Å². The first-order valence-electron chi connectivity index (χ1n) is 8.13. The Kier molecular flexibility index (Phi) is 8.49. The van der Waals surface area contributed by atoms with Crippen LogP contribution in [0.15, 0.2) is 18.2 Å². The highest BCUT2D eigenvalue weighted by Crippen LogP contribution is 2.21. The maximum absolute atomic E-state index is 13.7. The SMILES string of the molecule is COC(=O)C(C(=O)OC)[C@H](C)[C@@H](NC(=O)Cc1ccc(F)cc1F)C(=O)OC. The summed E-state index contributed by atoms with van der Waals surface area (Å²) in [6, 6.07) is 1.26. The molecule has 0 heterocycles. The molecule has 2 atom stereocenters. The van der Waals surface area contributed by atoms with E-state index in [1.807, 2.05) is 0 Å². The standard InChI is InChI=1S/C18H21F2NO7/c1-9(14(16(23)26-2)17(24)27-3)15(18(25)28-4)21-13(22)7-10-5-6-11(19)8-12(10)20/h5-6,8-9,14-15H,7H2,1-4H3,(H,21,22)/t9-,15+/m0/s1. The van der Waals surface area contributed by atoms with E-state index in [2.05, 4.69) is 19.5 Å². The van der Waals surface area contributed by atoms with E-state index in [4.69, 9.17) is 0 Å². The molecule has 0 saturated carbocycles. The smallest absolute Gasteiger partial charge is 0.328 e. The summed E-state index contributed by atoms with van der Waals surface area (Å²) in [5.41, 5.74) is -0.104. The third-order valence-corrected chi connectivity index (χ3v) is 4.10. The molecule has 1 aromatic rings. The Labute approximate surface area is 160 Å². The van der Waals surface area contributed by atoms with Gasteiger partial charge in [0, 0.05) is 12.0 Å². The Hall–Kier alpha value is -3.04. The molecule has 0 fully saturated rings. The van der Waals surface area contributed by atoms with Gasteiger partial charge in [-0.25, -0.2) is 13.6 Å². The number of amides is 1. The van der Waals surface area contributed by atoms with Crippen LogP contribution in [-0.4, -0.2) is 51.2 Å². The lowest BCUT2D eigenvalue weighted by Gasteiger charge is -2.27. The molecule has 0 unspecified atom stereocenters. The van der Waals surface area contributed by atoms with Crippen LogP contribution in [0.3, 0.4) is 0 Å². The summed E-state index contributed by atoms with van der Waals surface area (Å²) in [6.07, 6.45) is -0.507. The normalized spacial score (nSPS) is 12.7. The fourth-order valence-corrected chi connectivity index (χ4v) is 2.57. The lowest BCUT2D eigenvalue weighted by molar-refractivity contribution is -0.163. The van der Waals surface area contributed by atoms with Gasteiger partial charge in [-0.1, -0.05) is 13.0 Å². The highest BCUT2D eigenvalue weighted by atomic mass is 19.1. The van der Waals surface area contributed by atoms with Crippen LogP contribution in [0.2, 0.25) is 0 Å². The molecule has 1 rings (SSSR count). The second-order valence-electron chi connectivity index (χ2n) is 5.86. The van der Waals surface area contributed by atoms with E-state index in [0.717, 1.165) is 33.5 Å². The van der Waals surface area contributed by atoms with Gasteiger partial charge in [0.05, 0.1) is 27.8 Å². The van der Waals surface area contributed by atoms with Gasteiger partial charge in [-0.2, -0.15) is 0 Å². The molecule has 1 amide bonds. The molecule has 0 aliphatic heterocycles. The van der Waals surface area contributed by atoms with E-state index in [-0.39, 0.29) is 5.56 Å². The van der Waals surface area contributed by atoms with Gasteiger partial charge in [0.1, 0.15) is 17.7 Å². The van der Waals surface area contributed by atoms with Crippen molar-refractivity contribution in [2.24, 2.45) is 11.8 Å². The Bertz CT molecular complexity index is 737. The first kappa shape index (κ1) is 23.0. The molecule has 0 aliphatic rings. The first-order valence-corrected chi connectivity index (χ1v) is 8.13. The van der Waals surface area contributed by atoms with Crippen LogP contribution < -0.4 is 5.32 Å². The summed E-state index contributed by atoms with van der Waals surface area (Å²) in [5, 5.41) is 2.31. The molecule has 154 valence electrons. The maximum Gasteiger partial charge on any atom is 0.328 e. The largest absolute Gasteiger partial charge is 0.468 e. The fraction of sp³-hybridized carbons (Fsp3) is 0.444. The number of methoxy groups -OCH3 is 3. The van der Waals surface area contributed by atoms with E-state index >= 15 is 0 Å². The van der Waals surface area contributed by atoms with E-state index in [1.54, 1.807) is 0 Å². The minimum Gasteiger partial charge on any atom is -0.468 e. The van der Waals surface area contributed by atoms with Gasteiger partial charge < -0.3 is 19.5 Å². The molecule has 8 nitrogen and oxygen atoms in total. The van der Waals surface area contributed by atoms with Crippen LogP contribution in [0.25, 0.3) is 0 Å². The maximum atomic E-state index is 13.7. The number of hydrogen-bond donors (Lipinski definition) is 1. The lowest BCUT2D eigenvalue weighted by atomic mass is 9.87.